The molecule has 0 aliphatic heterocycles. The van der Waals surface area contributed by atoms with Gasteiger partial charge in [0.25, 0.3) is 0 Å². The molecule has 0 amide bonds. The van der Waals surface area contributed by atoms with Crippen LogP contribution in [0, 0.1) is 0 Å². The van der Waals surface area contributed by atoms with Crippen molar-refractivity contribution in [2.45, 2.75) is 78.2 Å². The molecular formula is C14H27N3. The molecule has 0 unspecified atom stereocenters. The molecule has 0 fully saturated rings. The highest BCUT2D eigenvalue weighted by Crippen LogP contribution is 2.18. The van der Waals surface area contributed by atoms with Crippen LogP contribution >= 0.6 is 0 Å². The quantitative estimate of drug-likeness (QED) is 0.673. The second-order valence-electron chi connectivity index (χ2n) is 5.88. The maximum absolute atomic E-state index is 4.23. The molecule has 17 heavy (non-hydrogen) atoms. The van der Waals surface area contributed by atoms with Crippen LogP contribution in [0.5, 0.6) is 0 Å². The third-order valence-corrected chi connectivity index (χ3v) is 3.05. The summed E-state index contributed by atoms with van der Waals surface area (Å²) in [5, 5.41) is 8.41. The van der Waals surface area contributed by atoms with Crippen molar-refractivity contribution in [3.8, 4) is 0 Å². The van der Waals surface area contributed by atoms with Crippen LogP contribution in [-0.4, -0.2) is 15.0 Å². The highest BCUT2D eigenvalue weighted by molar-refractivity contribution is 5.06. The predicted molar refractivity (Wildman–Crippen MR) is 72.1 cm³/mol. The summed E-state index contributed by atoms with van der Waals surface area (Å²) in [4.78, 5) is 0. The van der Waals surface area contributed by atoms with Gasteiger partial charge >= 0.3 is 0 Å². The van der Waals surface area contributed by atoms with Crippen molar-refractivity contribution in [3.05, 3.63) is 11.9 Å². The lowest BCUT2D eigenvalue weighted by Gasteiger charge is -2.12. The fourth-order valence-electron chi connectivity index (χ4n) is 1.81. The summed E-state index contributed by atoms with van der Waals surface area (Å²) in [5.41, 5.74) is 1.20. The van der Waals surface area contributed by atoms with E-state index in [1.54, 1.807) is 0 Å². The molecule has 1 rings (SSSR count). The Labute approximate surface area is 106 Å². The Hall–Kier alpha value is -0.860. The fourth-order valence-corrected chi connectivity index (χ4v) is 1.81. The Morgan fingerprint density at radius 1 is 1.06 bits per heavy atom. The molecule has 98 valence electrons. The molecule has 3 heteroatoms. The van der Waals surface area contributed by atoms with Crippen LogP contribution < -0.4 is 0 Å². The maximum Gasteiger partial charge on any atom is 0.0880 e. The minimum Gasteiger partial charge on any atom is -0.252 e. The van der Waals surface area contributed by atoms with Crippen molar-refractivity contribution < 1.29 is 0 Å². The highest BCUT2D eigenvalue weighted by atomic mass is 15.4. The molecule has 0 aliphatic rings. The third kappa shape index (κ3) is 5.33. The molecule has 1 heterocycles. The molecule has 0 atom stereocenters. The zero-order valence-corrected chi connectivity index (χ0v) is 11.9. The predicted octanol–water partition coefficient (Wildman–Crippen LogP) is 3.94. The van der Waals surface area contributed by atoms with Gasteiger partial charge in [-0.1, -0.05) is 65.0 Å². The van der Waals surface area contributed by atoms with Gasteiger partial charge in [-0.2, -0.15) is 0 Å². The standard InChI is InChI=1S/C14H27N3/c1-5-6-7-8-9-10-11-17-12-13(15-16-17)14(2,3)4/h12H,5-11H2,1-4H3. The van der Waals surface area contributed by atoms with Crippen LogP contribution in [-0.2, 0) is 12.0 Å². The molecule has 0 bridgehead atoms. The third-order valence-electron chi connectivity index (χ3n) is 3.05. The average molecular weight is 237 g/mol. The van der Waals surface area contributed by atoms with E-state index in [4.69, 9.17) is 0 Å². The van der Waals surface area contributed by atoms with E-state index in [9.17, 15) is 0 Å². The lowest BCUT2D eigenvalue weighted by atomic mass is 9.93. The van der Waals surface area contributed by atoms with E-state index in [-0.39, 0.29) is 5.41 Å². The van der Waals surface area contributed by atoms with Gasteiger partial charge < -0.3 is 0 Å². The SMILES string of the molecule is CCCCCCCCn1cc(C(C)(C)C)nn1. The van der Waals surface area contributed by atoms with Gasteiger partial charge in [-0.25, -0.2) is 0 Å². The van der Waals surface area contributed by atoms with Gasteiger partial charge in [0.1, 0.15) is 0 Å². The summed E-state index contributed by atoms with van der Waals surface area (Å²) in [6, 6.07) is 0. The van der Waals surface area contributed by atoms with Crippen LogP contribution in [0.2, 0.25) is 0 Å². The topological polar surface area (TPSA) is 30.7 Å². The van der Waals surface area contributed by atoms with E-state index in [1.807, 2.05) is 4.68 Å². The first kappa shape index (κ1) is 14.2. The first-order valence-corrected chi connectivity index (χ1v) is 6.94. The minimum atomic E-state index is 0.110. The van der Waals surface area contributed by atoms with Gasteiger partial charge in [0.2, 0.25) is 0 Å². The van der Waals surface area contributed by atoms with Crippen molar-refractivity contribution in [1.82, 2.24) is 15.0 Å². The van der Waals surface area contributed by atoms with Gasteiger partial charge in [-0.15, -0.1) is 5.10 Å². The fraction of sp³-hybridized carbons (Fsp3) is 0.857. The molecule has 3 nitrogen and oxygen atoms in total. The van der Waals surface area contributed by atoms with Crippen molar-refractivity contribution >= 4 is 0 Å². The van der Waals surface area contributed by atoms with Gasteiger partial charge in [0.15, 0.2) is 0 Å². The molecule has 0 aliphatic carbocycles. The Morgan fingerprint density at radius 2 is 1.71 bits per heavy atom. The Kier molecular flexibility index (Phi) is 5.66. The second kappa shape index (κ2) is 6.77. The first-order valence-electron chi connectivity index (χ1n) is 6.94. The monoisotopic (exact) mass is 237 g/mol. The van der Waals surface area contributed by atoms with Crippen LogP contribution in [0.25, 0.3) is 0 Å². The van der Waals surface area contributed by atoms with Crippen LogP contribution in [0.4, 0.5) is 0 Å². The number of rotatable bonds is 7. The van der Waals surface area contributed by atoms with Crippen molar-refractivity contribution in [2.24, 2.45) is 0 Å². The van der Waals surface area contributed by atoms with Crippen molar-refractivity contribution in [1.29, 1.82) is 0 Å². The number of nitrogens with zero attached hydrogens (tertiary/aromatic N) is 3. The van der Waals surface area contributed by atoms with E-state index in [2.05, 4.69) is 44.2 Å². The molecule has 0 spiro atoms. The molecule has 0 N–H and O–H groups in total. The van der Waals surface area contributed by atoms with E-state index >= 15 is 0 Å². The number of hydrogen-bond acceptors (Lipinski definition) is 2. The summed E-state index contributed by atoms with van der Waals surface area (Å²) in [6.07, 6.45) is 10.0. The average Bonchev–Trinajstić information content (AvgIpc) is 2.71. The van der Waals surface area contributed by atoms with Gasteiger partial charge in [0.05, 0.1) is 5.69 Å². The summed E-state index contributed by atoms with van der Waals surface area (Å²) in [6.45, 7) is 9.78. The maximum atomic E-state index is 4.23. The van der Waals surface area contributed by atoms with Gasteiger partial charge in [0, 0.05) is 18.2 Å². The number of aromatic nitrogens is 3. The van der Waals surface area contributed by atoms with E-state index in [1.165, 1.54) is 38.5 Å². The Balaban J connectivity index is 2.21. The van der Waals surface area contributed by atoms with Crippen LogP contribution in [0.3, 0.4) is 0 Å². The summed E-state index contributed by atoms with van der Waals surface area (Å²) in [5.74, 6) is 0. The molecule has 0 saturated carbocycles. The minimum absolute atomic E-state index is 0.110. The van der Waals surface area contributed by atoms with Crippen LogP contribution in [0.1, 0.15) is 71.9 Å². The molecule has 1 aromatic rings. The molecule has 0 saturated heterocycles. The number of hydrogen-bond donors (Lipinski definition) is 0. The molecule has 1 aromatic heterocycles. The normalized spacial score (nSPS) is 12.0. The van der Waals surface area contributed by atoms with Crippen LogP contribution in [0.15, 0.2) is 6.20 Å². The second-order valence-corrected chi connectivity index (χ2v) is 5.88. The van der Waals surface area contributed by atoms with Crippen molar-refractivity contribution in [3.63, 3.8) is 0 Å². The van der Waals surface area contributed by atoms with E-state index in [0.29, 0.717) is 0 Å². The molecular weight excluding hydrogens is 210 g/mol. The number of aryl methyl sites for hydroxylation is 1. The summed E-state index contributed by atoms with van der Waals surface area (Å²) < 4.78 is 1.99. The summed E-state index contributed by atoms with van der Waals surface area (Å²) in [7, 11) is 0. The lowest BCUT2D eigenvalue weighted by molar-refractivity contribution is 0.516. The first-order chi connectivity index (χ1) is 8.04. The van der Waals surface area contributed by atoms with Gasteiger partial charge in [-0.05, 0) is 6.42 Å². The highest BCUT2D eigenvalue weighted by Gasteiger charge is 2.17. The zero-order valence-electron chi connectivity index (χ0n) is 11.9. The molecule has 0 radical (unpaired) electrons. The Morgan fingerprint density at radius 3 is 2.29 bits per heavy atom. The van der Waals surface area contributed by atoms with E-state index in [0.717, 1.165) is 12.2 Å². The summed E-state index contributed by atoms with van der Waals surface area (Å²) >= 11 is 0. The van der Waals surface area contributed by atoms with Crippen molar-refractivity contribution in [2.75, 3.05) is 0 Å². The lowest BCUT2D eigenvalue weighted by Crippen LogP contribution is -2.11. The smallest absolute Gasteiger partial charge is 0.0880 e. The zero-order chi connectivity index (χ0) is 12.7. The number of unbranched alkanes of at least 4 members (excludes halogenated alkanes) is 5. The van der Waals surface area contributed by atoms with E-state index < -0.39 is 0 Å². The molecule has 0 aromatic carbocycles. The Bertz CT molecular complexity index is 310. The van der Waals surface area contributed by atoms with Gasteiger partial charge in [-0.3, -0.25) is 4.68 Å². The largest absolute Gasteiger partial charge is 0.252 e.